The summed E-state index contributed by atoms with van der Waals surface area (Å²) in [6, 6.07) is 13.0. The standard InChI is InChI=1S/C35H49N7O/c1-23-5-2-3-6-25(23)19-37-34-38-20-28(18-36)33(41-34)39-22-35-15-24-13-26(16-35)32(27(14-24)17-35)40-29-8-10-30(11-9-29)42-12-4-7-31(42)21-43/h2-3,5-6,20,24,26-27,29-32,40,43H,4,7-17,19,21-22H2,1H3,(H2,37,38,39,41)/t24?,26-,27+,29?,30?,31-,32?,35?/m1/s1. The summed E-state index contributed by atoms with van der Waals surface area (Å²) in [6.07, 6.45) is 15.8. The Morgan fingerprint density at radius 3 is 2.58 bits per heavy atom. The molecule has 8 nitrogen and oxygen atoms in total. The average molecular weight is 584 g/mol. The first-order valence-corrected chi connectivity index (χ1v) is 16.9. The SMILES string of the molecule is Cc1ccccc1CNc1ncc(C#N)c(NCC23CC4C[C@H](C2)C(NC2CCC(N5CCC[C@@H]5CO)CC2)[C@@H](C4)C3)n1. The predicted molar refractivity (Wildman–Crippen MR) is 170 cm³/mol. The number of aromatic nitrogens is 2. The molecule has 3 unspecified atom stereocenters. The Morgan fingerprint density at radius 1 is 1.05 bits per heavy atom. The van der Waals surface area contributed by atoms with Crippen molar-refractivity contribution in [3.05, 3.63) is 47.2 Å². The van der Waals surface area contributed by atoms with E-state index in [9.17, 15) is 10.4 Å². The fourth-order valence-electron chi connectivity index (χ4n) is 10.00. The molecular weight excluding hydrogens is 534 g/mol. The molecular formula is C35H49N7O. The fraction of sp³-hybridized carbons (Fsp3) is 0.686. The number of likely N-dealkylation sites (tertiary alicyclic amines) is 1. The smallest absolute Gasteiger partial charge is 0.224 e. The van der Waals surface area contributed by atoms with Crippen molar-refractivity contribution < 1.29 is 5.11 Å². The molecule has 230 valence electrons. The highest BCUT2D eigenvalue weighted by Gasteiger charge is 2.55. The Hall–Kier alpha value is -2.73. The van der Waals surface area contributed by atoms with Gasteiger partial charge >= 0.3 is 0 Å². The van der Waals surface area contributed by atoms with E-state index in [2.05, 4.69) is 63.1 Å². The van der Waals surface area contributed by atoms with Gasteiger partial charge in [0.15, 0.2) is 0 Å². The lowest BCUT2D eigenvalue weighted by atomic mass is 9.47. The summed E-state index contributed by atoms with van der Waals surface area (Å²) in [5.74, 6) is 3.58. The lowest BCUT2D eigenvalue weighted by molar-refractivity contribution is -0.0735. The van der Waals surface area contributed by atoms with E-state index in [1.807, 2.05) is 0 Å². The van der Waals surface area contributed by atoms with Crippen molar-refractivity contribution in [1.82, 2.24) is 20.2 Å². The molecule has 0 radical (unpaired) electrons. The van der Waals surface area contributed by atoms with Crippen LogP contribution in [0.1, 0.15) is 87.3 Å². The van der Waals surface area contributed by atoms with E-state index >= 15 is 0 Å². The maximum absolute atomic E-state index is 9.80. The topological polar surface area (TPSA) is 109 Å². The van der Waals surface area contributed by atoms with Crippen molar-refractivity contribution in [3.63, 3.8) is 0 Å². The van der Waals surface area contributed by atoms with Gasteiger partial charge in [0.05, 0.1) is 12.8 Å². The highest BCUT2D eigenvalue weighted by atomic mass is 16.3. The van der Waals surface area contributed by atoms with E-state index < -0.39 is 0 Å². The molecule has 8 rings (SSSR count). The van der Waals surface area contributed by atoms with Gasteiger partial charge in [0, 0.05) is 37.3 Å². The van der Waals surface area contributed by atoms with Crippen LogP contribution < -0.4 is 16.0 Å². The van der Waals surface area contributed by atoms with E-state index in [4.69, 9.17) is 4.98 Å². The molecule has 5 saturated carbocycles. The molecule has 43 heavy (non-hydrogen) atoms. The van der Waals surface area contributed by atoms with Gasteiger partial charge in [0.1, 0.15) is 17.5 Å². The first-order valence-electron chi connectivity index (χ1n) is 16.9. The lowest BCUT2D eigenvalue weighted by Gasteiger charge is -2.61. The van der Waals surface area contributed by atoms with Crippen LogP contribution in [0.4, 0.5) is 11.8 Å². The molecule has 8 heteroatoms. The van der Waals surface area contributed by atoms with Gasteiger partial charge in [-0.25, -0.2) is 4.98 Å². The molecule has 1 aromatic carbocycles. The minimum atomic E-state index is 0.299. The van der Waals surface area contributed by atoms with Gasteiger partial charge in [-0.2, -0.15) is 10.2 Å². The van der Waals surface area contributed by atoms with Crippen LogP contribution in [0.5, 0.6) is 0 Å². The normalized spacial score (nSPS) is 35.1. The van der Waals surface area contributed by atoms with Crippen molar-refractivity contribution in [1.29, 1.82) is 5.26 Å². The number of aliphatic hydroxyl groups excluding tert-OH is 1. The van der Waals surface area contributed by atoms with Gasteiger partial charge in [-0.3, -0.25) is 4.90 Å². The number of nitrogens with zero attached hydrogens (tertiary/aromatic N) is 4. The number of benzene rings is 1. The van der Waals surface area contributed by atoms with Crippen LogP contribution in [0.15, 0.2) is 30.5 Å². The summed E-state index contributed by atoms with van der Waals surface area (Å²) in [5, 5.41) is 30.8. The molecule has 4 bridgehead atoms. The minimum absolute atomic E-state index is 0.299. The molecule has 2 heterocycles. The van der Waals surface area contributed by atoms with Crippen LogP contribution in [0.3, 0.4) is 0 Å². The van der Waals surface area contributed by atoms with Crippen molar-refractivity contribution in [2.75, 3.05) is 30.3 Å². The van der Waals surface area contributed by atoms with Crippen LogP contribution in [-0.4, -0.2) is 63.8 Å². The molecule has 6 aliphatic rings. The lowest BCUT2D eigenvalue weighted by Crippen LogP contribution is -2.61. The zero-order valence-corrected chi connectivity index (χ0v) is 25.8. The molecule has 6 fully saturated rings. The third-order valence-electron chi connectivity index (χ3n) is 11.9. The number of hydrogen-bond donors (Lipinski definition) is 4. The highest BCUT2D eigenvalue weighted by Crippen LogP contribution is 2.60. The van der Waals surface area contributed by atoms with Gasteiger partial charge < -0.3 is 21.1 Å². The number of anilines is 2. The molecule has 2 aromatic rings. The van der Waals surface area contributed by atoms with Gasteiger partial charge in [-0.05, 0) is 118 Å². The third-order valence-corrected chi connectivity index (χ3v) is 11.9. The second-order valence-corrected chi connectivity index (χ2v) is 14.6. The molecule has 0 amide bonds. The van der Waals surface area contributed by atoms with Crippen LogP contribution >= 0.6 is 0 Å². The molecule has 1 saturated heterocycles. The summed E-state index contributed by atoms with van der Waals surface area (Å²) in [5.41, 5.74) is 3.27. The summed E-state index contributed by atoms with van der Waals surface area (Å²) in [4.78, 5) is 11.8. The maximum Gasteiger partial charge on any atom is 0.224 e. The number of aliphatic hydroxyl groups is 1. The summed E-state index contributed by atoms with van der Waals surface area (Å²) in [6.45, 7) is 5.16. The first kappa shape index (κ1) is 29.0. The summed E-state index contributed by atoms with van der Waals surface area (Å²) < 4.78 is 0. The van der Waals surface area contributed by atoms with Crippen molar-refractivity contribution in [3.8, 4) is 6.07 Å². The van der Waals surface area contributed by atoms with Crippen LogP contribution in [0.25, 0.3) is 0 Å². The number of aryl methyl sites for hydroxylation is 1. The van der Waals surface area contributed by atoms with E-state index in [1.165, 1.54) is 88.3 Å². The number of nitriles is 1. The number of nitrogens with one attached hydrogen (secondary N) is 3. The Labute approximate surface area is 257 Å². The zero-order chi connectivity index (χ0) is 29.4. The van der Waals surface area contributed by atoms with Gasteiger partial charge in [-0.15, -0.1) is 0 Å². The molecule has 6 atom stereocenters. The summed E-state index contributed by atoms with van der Waals surface area (Å²) in [7, 11) is 0. The van der Waals surface area contributed by atoms with E-state index in [0.717, 1.165) is 24.3 Å². The third kappa shape index (κ3) is 6.01. The van der Waals surface area contributed by atoms with Crippen LogP contribution in [0, 0.1) is 41.4 Å². The fourth-order valence-corrected chi connectivity index (χ4v) is 10.00. The monoisotopic (exact) mass is 583 g/mol. The number of rotatable bonds is 10. The Kier molecular flexibility index (Phi) is 8.32. The van der Waals surface area contributed by atoms with Crippen molar-refractivity contribution >= 4 is 11.8 Å². The Balaban J connectivity index is 0.955. The van der Waals surface area contributed by atoms with Crippen molar-refractivity contribution in [2.24, 2.45) is 23.2 Å². The zero-order valence-electron chi connectivity index (χ0n) is 25.8. The average Bonchev–Trinajstić information content (AvgIpc) is 3.51. The van der Waals surface area contributed by atoms with E-state index in [-0.39, 0.29) is 0 Å². The predicted octanol–water partition coefficient (Wildman–Crippen LogP) is 5.23. The molecule has 1 aliphatic heterocycles. The Morgan fingerprint density at radius 2 is 1.84 bits per heavy atom. The molecule has 0 spiro atoms. The second-order valence-electron chi connectivity index (χ2n) is 14.6. The largest absolute Gasteiger partial charge is 0.395 e. The Bertz CT molecular complexity index is 1300. The first-order chi connectivity index (χ1) is 21.0. The van der Waals surface area contributed by atoms with Crippen LogP contribution in [-0.2, 0) is 6.54 Å². The molecule has 5 aliphatic carbocycles. The van der Waals surface area contributed by atoms with Crippen molar-refractivity contribution in [2.45, 2.75) is 108 Å². The highest BCUT2D eigenvalue weighted by molar-refractivity contribution is 5.53. The minimum Gasteiger partial charge on any atom is -0.395 e. The van der Waals surface area contributed by atoms with Gasteiger partial charge in [-0.1, -0.05) is 24.3 Å². The van der Waals surface area contributed by atoms with Gasteiger partial charge in [0.2, 0.25) is 5.95 Å². The van der Waals surface area contributed by atoms with Gasteiger partial charge in [0.25, 0.3) is 0 Å². The quantitative estimate of drug-likeness (QED) is 0.301. The molecule has 1 aromatic heterocycles. The maximum atomic E-state index is 9.80. The van der Waals surface area contributed by atoms with E-state index in [0.29, 0.717) is 60.1 Å². The second kappa shape index (κ2) is 12.3. The molecule has 4 N–H and O–H groups in total. The van der Waals surface area contributed by atoms with E-state index in [1.54, 1.807) is 6.20 Å². The van der Waals surface area contributed by atoms with Crippen LogP contribution in [0.2, 0.25) is 0 Å². The summed E-state index contributed by atoms with van der Waals surface area (Å²) >= 11 is 0. The number of hydrogen-bond acceptors (Lipinski definition) is 8.